The quantitative estimate of drug-likeness (QED) is 0.672. The Bertz CT molecular complexity index is 356. The summed E-state index contributed by atoms with van der Waals surface area (Å²) >= 11 is 0. The van der Waals surface area contributed by atoms with Crippen LogP contribution in [0.1, 0.15) is 47.0 Å². The van der Waals surface area contributed by atoms with Crippen LogP contribution < -0.4 is 0 Å². The summed E-state index contributed by atoms with van der Waals surface area (Å²) in [6.07, 6.45) is 5.92. The molecular formula is C15H24O. The van der Waals surface area contributed by atoms with Gasteiger partial charge in [-0.15, -0.1) is 0 Å². The average Bonchev–Trinajstić information content (AvgIpc) is 2.59. The molecule has 0 aromatic carbocycles. The maximum absolute atomic E-state index is 10.3. The van der Waals surface area contributed by atoms with Crippen LogP contribution in [-0.2, 0) is 0 Å². The number of aliphatic hydroxyl groups is 1. The lowest BCUT2D eigenvalue weighted by molar-refractivity contribution is 0.0444. The van der Waals surface area contributed by atoms with Crippen LogP contribution in [-0.4, -0.2) is 11.2 Å². The summed E-state index contributed by atoms with van der Waals surface area (Å²) in [5.41, 5.74) is 2.36. The van der Waals surface area contributed by atoms with Gasteiger partial charge in [-0.05, 0) is 54.8 Å². The van der Waals surface area contributed by atoms with E-state index < -0.39 is 0 Å². The van der Waals surface area contributed by atoms with E-state index in [2.05, 4.69) is 33.8 Å². The number of hydrogen-bond donors (Lipinski definition) is 1. The van der Waals surface area contributed by atoms with E-state index >= 15 is 0 Å². The summed E-state index contributed by atoms with van der Waals surface area (Å²) < 4.78 is 0. The van der Waals surface area contributed by atoms with E-state index in [0.717, 1.165) is 11.8 Å². The molecule has 2 saturated carbocycles. The van der Waals surface area contributed by atoms with Crippen LogP contribution in [0.15, 0.2) is 11.6 Å². The minimum Gasteiger partial charge on any atom is -0.389 e. The van der Waals surface area contributed by atoms with Gasteiger partial charge in [0, 0.05) is 0 Å². The van der Waals surface area contributed by atoms with Gasteiger partial charge in [0.15, 0.2) is 0 Å². The Balaban J connectivity index is 2.14. The first-order valence-electron chi connectivity index (χ1n) is 6.78. The predicted molar refractivity (Wildman–Crippen MR) is 66.0 cm³/mol. The Morgan fingerprint density at radius 1 is 1.38 bits per heavy atom. The highest BCUT2D eigenvalue weighted by molar-refractivity contribution is 5.30. The SMILES string of the molecule is CC1=CC(O)C2CC3(C(C)C)CCC2(C)C13. The summed E-state index contributed by atoms with van der Waals surface area (Å²) in [6, 6.07) is 0. The van der Waals surface area contributed by atoms with Crippen molar-refractivity contribution in [3.63, 3.8) is 0 Å². The average molecular weight is 220 g/mol. The Hall–Kier alpha value is -0.300. The molecular weight excluding hydrogens is 196 g/mol. The Kier molecular flexibility index (Phi) is 1.98. The van der Waals surface area contributed by atoms with E-state index in [9.17, 15) is 5.11 Å². The van der Waals surface area contributed by atoms with Gasteiger partial charge in [-0.2, -0.15) is 0 Å². The van der Waals surface area contributed by atoms with E-state index in [-0.39, 0.29) is 6.10 Å². The smallest absolute Gasteiger partial charge is 0.0757 e. The van der Waals surface area contributed by atoms with Gasteiger partial charge in [-0.1, -0.05) is 32.4 Å². The highest BCUT2D eigenvalue weighted by Gasteiger charge is 2.68. The van der Waals surface area contributed by atoms with Crippen LogP contribution in [0.2, 0.25) is 0 Å². The van der Waals surface area contributed by atoms with E-state index in [1.54, 1.807) is 0 Å². The lowest BCUT2D eigenvalue weighted by Gasteiger charge is -2.41. The molecule has 5 atom stereocenters. The fourth-order valence-electron chi connectivity index (χ4n) is 5.53. The minimum atomic E-state index is -0.179. The molecule has 0 heterocycles. The summed E-state index contributed by atoms with van der Waals surface area (Å²) in [7, 11) is 0. The molecule has 0 aromatic rings. The highest BCUT2D eigenvalue weighted by atomic mass is 16.3. The zero-order chi connectivity index (χ0) is 11.7. The first-order chi connectivity index (χ1) is 7.42. The Morgan fingerprint density at radius 3 is 2.69 bits per heavy atom. The fourth-order valence-corrected chi connectivity index (χ4v) is 5.53. The lowest BCUT2D eigenvalue weighted by Crippen LogP contribution is -2.38. The van der Waals surface area contributed by atoms with Crippen molar-refractivity contribution < 1.29 is 5.11 Å². The number of aliphatic hydroxyl groups excluding tert-OH is 1. The van der Waals surface area contributed by atoms with Gasteiger partial charge < -0.3 is 5.11 Å². The van der Waals surface area contributed by atoms with Crippen molar-refractivity contribution >= 4 is 0 Å². The second-order valence-corrected chi connectivity index (χ2v) is 7.04. The largest absolute Gasteiger partial charge is 0.389 e. The molecule has 0 amide bonds. The topological polar surface area (TPSA) is 20.2 Å². The Labute approximate surface area is 98.9 Å². The van der Waals surface area contributed by atoms with Gasteiger partial charge in [-0.25, -0.2) is 0 Å². The van der Waals surface area contributed by atoms with Gasteiger partial charge in [-0.3, -0.25) is 0 Å². The molecule has 4 bridgehead atoms. The maximum Gasteiger partial charge on any atom is 0.0757 e. The van der Waals surface area contributed by atoms with Crippen LogP contribution in [0.4, 0.5) is 0 Å². The molecule has 3 aliphatic carbocycles. The van der Waals surface area contributed by atoms with Gasteiger partial charge in [0.25, 0.3) is 0 Å². The molecule has 1 nitrogen and oxygen atoms in total. The van der Waals surface area contributed by atoms with Crippen molar-refractivity contribution in [2.75, 3.05) is 0 Å². The van der Waals surface area contributed by atoms with E-state index in [1.165, 1.54) is 24.8 Å². The molecule has 0 aromatic heterocycles. The lowest BCUT2D eigenvalue weighted by atomic mass is 9.65. The number of rotatable bonds is 1. The van der Waals surface area contributed by atoms with Gasteiger partial charge >= 0.3 is 0 Å². The summed E-state index contributed by atoms with van der Waals surface area (Å²) in [5.74, 6) is 2.02. The summed E-state index contributed by atoms with van der Waals surface area (Å²) in [4.78, 5) is 0. The van der Waals surface area contributed by atoms with Crippen molar-refractivity contribution in [1.82, 2.24) is 0 Å². The molecule has 0 aliphatic heterocycles. The Morgan fingerprint density at radius 2 is 2.06 bits per heavy atom. The third kappa shape index (κ3) is 0.971. The minimum absolute atomic E-state index is 0.179. The maximum atomic E-state index is 10.3. The molecule has 1 N–H and O–H groups in total. The molecule has 90 valence electrons. The summed E-state index contributed by atoms with van der Waals surface area (Å²) in [6.45, 7) is 9.44. The first kappa shape index (κ1) is 10.8. The molecule has 2 fully saturated rings. The van der Waals surface area contributed by atoms with Crippen LogP contribution in [0, 0.1) is 28.6 Å². The fraction of sp³-hybridized carbons (Fsp3) is 0.867. The highest BCUT2D eigenvalue weighted by Crippen LogP contribution is 2.74. The summed E-state index contributed by atoms with van der Waals surface area (Å²) in [5, 5.41) is 10.3. The van der Waals surface area contributed by atoms with E-state index in [1.807, 2.05) is 0 Å². The van der Waals surface area contributed by atoms with Crippen molar-refractivity contribution in [3.05, 3.63) is 11.6 Å². The molecule has 3 rings (SSSR count). The number of hydrogen-bond acceptors (Lipinski definition) is 1. The molecule has 0 radical (unpaired) electrons. The van der Waals surface area contributed by atoms with Crippen molar-refractivity contribution in [3.8, 4) is 0 Å². The van der Waals surface area contributed by atoms with E-state index in [0.29, 0.717) is 16.7 Å². The molecule has 16 heavy (non-hydrogen) atoms. The third-order valence-electron chi connectivity index (χ3n) is 6.26. The second-order valence-electron chi connectivity index (χ2n) is 7.04. The normalized spacial score (nSPS) is 54.6. The molecule has 0 saturated heterocycles. The zero-order valence-electron chi connectivity index (χ0n) is 11.0. The zero-order valence-corrected chi connectivity index (χ0v) is 11.0. The number of allylic oxidation sites excluding steroid dienone is 1. The third-order valence-corrected chi connectivity index (χ3v) is 6.26. The van der Waals surface area contributed by atoms with Crippen LogP contribution >= 0.6 is 0 Å². The van der Waals surface area contributed by atoms with Crippen molar-refractivity contribution in [2.45, 2.75) is 53.1 Å². The second kappa shape index (κ2) is 2.93. The molecule has 3 aliphatic rings. The molecule has 1 heteroatoms. The monoisotopic (exact) mass is 220 g/mol. The van der Waals surface area contributed by atoms with Crippen LogP contribution in [0.5, 0.6) is 0 Å². The standard InChI is InChI=1S/C15H24O/c1-9(2)15-6-5-14(4)11(8-15)12(16)7-10(3)13(14)15/h7,9,11-13,16H,5-6,8H2,1-4H3. The van der Waals surface area contributed by atoms with Crippen molar-refractivity contribution in [2.24, 2.45) is 28.6 Å². The van der Waals surface area contributed by atoms with Gasteiger partial charge in [0.05, 0.1) is 6.10 Å². The van der Waals surface area contributed by atoms with Gasteiger partial charge in [0.1, 0.15) is 0 Å². The molecule has 0 spiro atoms. The van der Waals surface area contributed by atoms with Crippen molar-refractivity contribution in [1.29, 1.82) is 0 Å². The predicted octanol–water partition coefficient (Wildman–Crippen LogP) is 3.39. The first-order valence-corrected chi connectivity index (χ1v) is 6.78. The van der Waals surface area contributed by atoms with Crippen LogP contribution in [0.25, 0.3) is 0 Å². The van der Waals surface area contributed by atoms with Gasteiger partial charge in [0.2, 0.25) is 0 Å². The van der Waals surface area contributed by atoms with E-state index in [4.69, 9.17) is 0 Å². The van der Waals surface area contributed by atoms with Crippen LogP contribution in [0.3, 0.4) is 0 Å². The molecule has 5 unspecified atom stereocenters.